The van der Waals surface area contributed by atoms with E-state index in [1.54, 1.807) is 15.8 Å². The minimum atomic E-state index is -0.486. The molecule has 2 aromatic heterocycles. The second kappa shape index (κ2) is 5.11. The molecule has 0 radical (unpaired) electrons. The minimum Gasteiger partial charge on any atom is -0.444 e. The van der Waals surface area contributed by atoms with Crippen molar-refractivity contribution >= 4 is 6.09 Å². The second-order valence-electron chi connectivity index (χ2n) is 6.44. The zero-order valence-corrected chi connectivity index (χ0v) is 13.1. The van der Waals surface area contributed by atoms with Gasteiger partial charge in [0.15, 0.2) is 0 Å². The van der Waals surface area contributed by atoms with Crippen molar-refractivity contribution < 1.29 is 14.1 Å². The molecule has 2 aromatic rings. The first-order chi connectivity index (χ1) is 10.3. The summed E-state index contributed by atoms with van der Waals surface area (Å²) in [6.45, 7) is 6.61. The van der Waals surface area contributed by atoms with Crippen molar-refractivity contribution in [3.8, 4) is 11.4 Å². The summed E-state index contributed by atoms with van der Waals surface area (Å²) in [5.41, 5.74) is 0.320. The molecule has 0 saturated carbocycles. The summed E-state index contributed by atoms with van der Waals surface area (Å²) in [6.07, 6.45) is 3.20. The number of ether oxygens (including phenoxy) is 1. The highest BCUT2D eigenvalue weighted by atomic mass is 16.6. The minimum absolute atomic E-state index is 0.0606. The zero-order chi connectivity index (χ0) is 15.9. The first-order valence-electron chi connectivity index (χ1n) is 7.12. The van der Waals surface area contributed by atoms with Crippen molar-refractivity contribution in [3.63, 3.8) is 0 Å². The van der Waals surface area contributed by atoms with Gasteiger partial charge in [-0.3, -0.25) is 4.68 Å². The number of carbonyl (C=O) groups excluding carboxylic acids is 1. The van der Waals surface area contributed by atoms with Gasteiger partial charge in [-0.25, -0.2) is 4.79 Å². The lowest BCUT2D eigenvalue weighted by Crippen LogP contribution is -2.50. The number of rotatable bonds is 2. The number of hydrogen-bond donors (Lipinski definition) is 0. The van der Waals surface area contributed by atoms with Crippen LogP contribution in [0.25, 0.3) is 11.4 Å². The lowest BCUT2D eigenvalue weighted by molar-refractivity contribution is 0.00558. The molecule has 0 aliphatic carbocycles. The van der Waals surface area contributed by atoms with Crippen LogP contribution in [0.3, 0.4) is 0 Å². The molecule has 8 heteroatoms. The van der Waals surface area contributed by atoms with E-state index in [2.05, 4.69) is 15.2 Å². The van der Waals surface area contributed by atoms with Crippen molar-refractivity contribution in [2.75, 3.05) is 13.1 Å². The average molecular weight is 305 g/mol. The Hall–Kier alpha value is -2.38. The van der Waals surface area contributed by atoms with Gasteiger partial charge in [0.05, 0.1) is 17.7 Å². The van der Waals surface area contributed by atoms with Gasteiger partial charge in [-0.2, -0.15) is 10.1 Å². The third-order valence-electron chi connectivity index (χ3n) is 3.29. The van der Waals surface area contributed by atoms with E-state index in [-0.39, 0.29) is 12.0 Å². The highest BCUT2D eigenvalue weighted by Gasteiger charge is 2.37. The van der Waals surface area contributed by atoms with E-state index >= 15 is 0 Å². The Balaban J connectivity index is 1.59. The van der Waals surface area contributed by atoms with Crippen LogP contribution in [0.5, 0.6) is 0 Å². The van der Waals surface area contributed by atoms with Gasteiger partial charge < -0.3 is 14.2 Å². The molecule has 0 spiro atoms. The van der Waals surface area contributed by atoms with E-state index in [0.717, 1.165) is 5.56 Å². The lowest BCUT2D eigenvalue weighted by Gasteiger charge is -2.37. The quantitative estimate of drug-likeness (QED) is 0.841. The number of nitrogens with zero attached hydrogens (tertiary/aromatic N) is 5. The monoisotopic (exact) mass is 305 g/mol. The van der Waals surface area contributed by atoms with Crippen molar-refractivity contribution in [2.24, 2.45) is 7.05 Å². The van der Waals surface area contributed by atoms with E-state index < -0.39 is 5.60 Å². The fraction of sp³-hybridized carbons (Fsp3) is 0.571. The molecule has 3 rings (SSSR count). The third kappa shape index (κ3) is 2.95. The smallest absolute Gasteiger partial charge is 0.410 e. The molecule has 0 bridgehead atoms. The molecule has 1 fully saturated rings. The van der Waals surface area contributed by atoms with Crippen LogP contribution < -0.4 is 0 Å². The fourth-order valence-electron chi connectivity index (χ4n) is 2.17. The Morgan fingerprint density at radius 1 is 1.41 bits per heavy atom. The maximum atomic E-state index is 11.9. The average Bonchev–Trinajstić information content (AvgIpc) is 2.93. The second-order valence-corrected chi connectivity index (χ2v) is 6.44. The Bertz CT molecular complexity index is 679. The summed E-state index contributed by atoms with van der Waals surface area (Å²) < 4.78 is 12.3. The first kappa shape index (κ1) is 14.6. The number of amides is 1. The van der Waals surface area contributed by atoms with Crippen molar-refractivity contribution in [1.82, 2.24) is 24.8 Å². The highest BCUT2D eigenvalue weighted by molar-refractivity contribution is 5.69. The van der Waals surface area contributed by atoms with Gasteiger partial charge >= 0.3 is 6.09 Å². The van der Waals surface area contributed by atoms with E-state index in [0.29, 0.717) is 24.8 Å². The number of carbonyl (C=O) groups is 1. The molecule has 3 heterocycles. The first-order valence-corrected chi connectivity index (χ1v) is 7.12. The van der Waals surface area contributed by atoms with E-state index in [1.807, 2.05) is 34.0 Å². The Morgan fingerprint density at radius 3 is 2.73 bits per heavy atom. The summed E-state index contributed by atoms with van der Waals surface area (Å²) in [5.74, 6) is 1.11. The van der Waals surface area contributed by atoms with Crippen LogP contribution in [0.1, 0.15) is 32.6 Å². The molecule has 118 valence electrons. The Labute approximate surface area is 128 Å². The van der Waals surface area contributed by atoms with Crippen LogP contribution in [0.15, 0.2) is 16.9 Å². The SMILES string of the molecule is Cn1cc(-c2noc(C3CN(C(=O)OC(C)(C)C)C3)n2)cn1. The van der Waals surface area contributed by atoms with Crippen LogP contribution in [0.2, 0.25) is 0 Å². The fourth-order valence-corrected chi connectivity index (χ4v) is 2.17. The molecule has 0 N–H and O–H groups in total. The van der Waals surface area contributed by atoms with E-state index in [1.165, 1.54) is 0 Å². The third-order valence-corrected chi connectivity index (χ3v) is 3.29. The maximum Gasteiger partial charge on any atom is 0.410 e. The van der Waals surface area contributed by atoms with E-state index in [9.17, 15) is 4.79 Å². The van der Waals surface area contributed by atoms with Gasteiger partial charge in [0, 0.05) is 26.3 Å². The molecular weight excluding hydrogens is 286 g/mol. The number of aryl methyl sites for hydroxylation is 1. The van der Waals surface area contributed by atoms with Crippen molar-refractivity contribution in [2.45, 2.75) is 32.3 Å². The van der Waals surface area contributed by atoms with Crippen LogP contribution in [-0.2, 0) is 11.8 Å². The predicted molar refractivity (Wildman–Crippen MR) is 77.0 cm³/mol. The highest BCUT2D eigenvalue weighted by Crippen LogP contribution is 2.28. The summed E-state index contributed by atoms with van der Waals surface area (Å²) in [7, 11) is 1.83. The summed E-state index contributed by atoms with van der Waals surface area (Å²) in [6, 6.07) is 0. The topological polar surface area (TPSA) is 86.3 Å². The van der Waals surface area contributed by atoms with Gasteiger partial charge in [-0.1, -0.05) is 5.16 Å². The van der Waals surface area contributed by atoms with Crippen LogP contribution in [0.4, 0.5) is 4.79 Å². The van der Waals surface area contributed by atoms with Gasteiger partial charge in [-0.15, -0.1) is 0 Å². The molecule has 1 saturated heterocycles. The van der Waals surface area contributed by atoms with Gasteiger partial charge in [-0.05, 0) is 20.8 Å². The number of hydrogen-bond acceptors (Lipinski definition) is 6. The van der Waals surface area contributed by atoms with Crippen molar-refractivity contribution in [1.29, 1.82) is 0 Å². The molecule has 1 aliphatic rings. The molecule has 22 heavy (non-hydrogen) atoms. The Kier molecular flexibility index (Phi) is 3.38. The molecule has 0 unspecified atom stereocenters. The summed E-state index contributed by atoms with van der Waals surface area (Å²) >= 11 is 0. The molecule has 8 nitrogen and oxygen atoms in total. The van der Waals surface area contributed by atoms with Gasteiger partial charge in [0.25, 0.3) is 0 Å². The van der Waals surface area contributed by atoms with Gasteiger partial charge in [0.2, 0.25) is 11.7 Å². The molecule has 1 amide bonds. The lowest BCUT2D eigenvalue weighted by atomic mass is 10.0. The van der Waals surface area contributed by atoms with Crippen LogP contribution in [-0.4, -0.2) is 49.6 Å². The standard InChI is InChI=1S/C14H19N5O3/c1-14(2,3)21-13(20)19-7-10(8-19)12-16-11(17-22-12)9-5-15-18(4)6-9/h5-6,10H,7-8H2,1-4H3. The maximum absolute atomic E-state index is 11.9. The van der Waals surface area contributed by atoms with Crippen molar-refractivity contribution in [3.05, 3.63) is 18.3 Å². The zero-order valence-electron chi connectivity index (χ0n) is 13.1. The summed E-state index contributed by atoms with van der Waals surface area (Å²) in [5, 5.41) is 8.03. The largest absolute Gasteiger partial charge is 0.444 e. The molecular formula is C14H19N5O3. The van der Waals surface area contributed by atoms with Crippen LogP contribution >= 0.6 is 0 Å². The van der Waals surface area contributed by atoms with Crippen LogP contribution in [0, 0.1) is 0 Å². The molecule has 0 atom stereocenters. The molecule has 1 aliphatic heterocycles. The summed E-state index contributed by atoms with van der Waals surface area (Å²) in [4.78, 5) is 17.9. The van der Waals surface area contributed by atoms with E-state index in [4.69, 9.17) is 9.26 Å². The number of aromatic nitrogens is 4. The van der Waals surface area contributed by atoms with Gasteiger partial charge in [0.1, 0.15) is 5.60 Å². The predicted octanol–water partition coefficient (Wildman–Crippen LogP) is 1.80. The normalized spacial score (nSPS) is 15.7. The Morgan fingerprint density at radius 2 is 2.14 bits per heavy atom. The number of likely N-dealkylation sites (tertiary alicyclic amines) is 1. The molecule has 0 aromatic carbocycles.